The summed E-state index contributed by atoms with van der Waals surface area (Å²) in [4.78, 5) is 27.0. The minimum absolute atomic E-state index is 0.0255. The molecular formula is C19H21N3O3S. The van der Waals surface area contributed by atoms with Gasteiger partial charge in [0.15, 0.2) is 0 Å². The van der Waals surface area contributed by atoms with Crippen LogP contribution in [0.2, 0.25) is 0 Å². The van der Waals surface area contributed by atoms with Crippen molar-refractivity contribution in [3.05, 3.63) is 52.2 Å². The van der Waals surface area contributed by atoms with Crippen molar-refractivity contribution in [3.63, 3.8) is 0 Å². The zero-order valence-corrected chi connectivity index (χ0v) is 15.0. The Morgan fingerprint density at radius 2 is 2.00 bits per heavy atom. The van der Waals surface area contributed by atoms with Crippen molar-refractivity contribution in [1.29, 1.82) is 0 Å². The molecule has 3 heterocycles. The van der Waals surface area contributed by atoms with E-state index in [2.05, 4.69) is 22.1 Å². The molecule has 0 radical (unpaired) electrons. The average molecular weight is 371 g/mol. The standard InChI is InChI=1S/C19H21N3O3S/c23-15-3-1-12(2-4-15)7-16-19(25)22-10-14(8-17(22)18(24)21-16)20-9-13-5-6-26-11-13/h1-6,11,14,16-17,20,23H,7-10H2,(H,21,24)/t14-,16+,17-/m0/s1. The van der Waals surface area contributed by atoms with E-state index in [-0.39, 0.29) is 29.6 Å². The molecule has 7 heteroatoms. The molecule has 2 aliphatic heterocycles. The molecule has 3 atom stereocenters. The molecule has 6 nitrogen and oxygen atoms in total. The second-order valence-electron chi connectivity index (χ2n) is 6.88. The fraction of sp³-hybridized carbons (Fsp3) is 0.368. The van der Waals surface area contributed by atoms with Crippen LogP contribution in [0.25, 0.3) is 0 Å². The third-order valence-corrected chi connectivity index (χ3v) is 5.78. The van der Waals surface area contributed by atoms with Crippen molar-refractivity contribution in [1.82, 2.24) is 15.5 Å². The fourth-order valence-corrected chi connectivity index (χ4v) is 4.34. The highest BCUT2D eigenvalue weighted by Gasteiger charge is 2.46. The van der Waals surface area contributed by atoms with Crippen LogP contribution < -0.4 is 10.6 Å². The van der Waals surface area contributed by atoms with Crippen LogP contribution in [0.1, 0.15) is 17.5 Å². The summed E-state index contributed by atoms with van der Waals surface area (Å²) in [5, 5.41) is 19.8. The molecule has 26 heavy (non-hydrogen) atoms. The van der Waals surface area contributed by atoms with E-state index in [4.69, 9.17) is 0 Å². The Morgan fingerprint density at radius 1 is 1.19 bits per heavy atom. The van der Waals surface area contributed by atoms with E-state index in [0.717, 1.165) is 12.1 Å². The van der Waals surface area contributed by atoms with Crippen molar-refractivity contribution in [2.45, 2.75) is 37.5 Å². The second kappa shape index (κ2) is 7.09. The van der Waals surface area contributed by atoms with Gasteiger partial charge in [0.2, 0.25) is 11.8 Å². The maximum atomic E-state index is 12.8. The fourth-order valence-electron chi connectivity index (χ4n) is 3.67. The molecular weight excluding hydrogens is 350 g/mol. The molecule has 0 unspecified atom stereocenters. The lowest BCUT2D eigenvalue weighted by molar-refractivity contribution is -0.147. The topological polar surface area (TPSA) is 81.7 Å². The quantitative estimate of drug-likeness (QED) is 0.739. The van der Waals surface area contributed by atoms with Crippen LogP contribution >= 0.6 is 11.3 Å². The number of thiophene rings is 1. The van der Waals surface area contributed by atoms with Crippen molar-refractivity contribution in [2.24, 2.45) is 0 Å². The molecule has 0 aliphatic carbocycles. The van der Waals surface area contributed by atoms with Gasteiger partial charge in [-0.3, -0.25) is 9.59 Å². The van der Waals surface area contributed by atoms with Crippen LogP contribution in [0.3, 0.4) is 0 Å². The molecule has 0 bridgehead atoms. The summed E-state index contributed by atoms with van der Waals surface area (Å²) in [6, 6.07) is 8.01. The number of carbonyl (C=O) groups excluding carboxylic acids is 2. The number of aromatic hydroxyl groups is 1. The Kier molecular flexibility index (Phi) is 4.65. The number of hydrogen-bond acceptors (Lipinski definition) is 5. The summed E-state index contributed by atoms with van der Waals surface area (Å²) >= 11 is 1.66. The lowest BCUT2D eigenvalue weighted by Gasteiger charge is -2.34. The average Bonchev–Trinajstić information content (AvgIpc) is 3.29. The Labute approximate surface area is 155 Å². The number of fused-ring (bicyclic) bond motifs is 1. The van der Waals surface area contributed by atoms with Gasteiger partial charge in [-0.25, -0.2) is 0 Å². The normalized spacial score (nSPS) is 25.2. The van der Waals surface area contributed by atoms with E-state index >= 15 is 0 Å². The van der Waals surface area contributed by atoms with Gasteiger partial charge in [-0.2, -0.15) is 11.3 Å². The van der Waals surface area contributed by atoms with Crippen LogP contribution in [-0.2, 0) is 22.6 Å². The maximum Gasteiger partial charge on any atom is 0.246 e. The van der Waals surface area contributed by atoms with Gasteiger partial charge in [0, 0.05) is 25.6 Å². The number of amides is 2. The van der Waals surface area contributed by atoms with Crippen LogP contribution in [0.5, 0.6) is 5.75 Å². The number of nitrogens with zero attached hydrogens (tertiary/aromatic N) is 1. The van der Waals surface area contributed by atoms with E-state index < -0.39 is 6.04 Å². The maximum absolute atomic E-state index is 12.8. The lowest BCUT2D eigenvalue weighted by Crippen LogP contribution is -2.61. The zero-order chi connectivity index (χ0) is 18.1. The van der Waals surface area contributed by atoms with Gasteiger partial charge in [0.1, 0.15) is 17.8 Å². The predicted octanol–water partition coefficient (Wildman–Crippen LogP) is 1.25. The minimum atomic E-state index is -0.543. The highest BCUT2D eigenvalue weighted by Crippen LogP contribution is 2.24. The molecule has 0 spiro atoms. The number of hydrogen-bond donors (Lipinski definition) is 3. The highest BCUT2D eigenvalue weighted by molar-refractivity contribution is 7.07. The summed E-state index contributed by atoms with van der Waals surface area (Å²) in [6.07, 6.45) is 1.08. The van der Waals surface area contributed by atoms with Crippen molar-refractivity contribution in [3.8, 4) is 5.75 Å². The molecule has 136 valence electrons. The van der Waals surface area contributed by atoms with Crippen LogP contribution in [0.15, 0.2) is 41.1 Å². The van der Waals surface area contributed by atoms with E-state index in [0.29, 0.717) is 19.4 Å². The third-order valence-electron chi connectivity index (χ3n) is 5.05. The van der Waals surface area contributed by atoms with Crippen LogP contribution in [0.4, 0.5) is 0 Å². The van der Waals surface area contributed by atoms with Gasteiger partial charge >= 0.3 is 0 Å². The first kappa shape index (κ1) is 17.1. The number of phenols is 1. The molecule has 3 N–H and O–H groups in total. The van der Waals surface area contributed by atoms with Gasteiger partial charge in [-0.1, -0.05) is 12.1 Å². The molecule has 4 rings (SSSR count). The Hall–Kier alpha value is -2.38. The van der Waals surface area contributed by atoms with E-state index in [1.165, 1.54) is 5.56 Å². The number of nitrogens with one attached hydrogen (secondary N) is 2. The largest absolute Gasteiger partial charge is 0.508 e. The van der Waals surface area contributed by atoms with Crippen molar-refractivity contribution in [2.75, 3.05) is 6.54 Å². The molecule has 2 aromatic rings. The Morgan fingerprint density at radius 3 is 2.73 bits per heavy atom. The Balaban J connectivity index is 1.40. The molecule has 0 saturated carbocycles. The third kappa shape index (κ3) is 3.45. The first-order chi connectivity index (χ1) is 12.6. The van der Waals surface area contributed by atoms with Gasteiger partial charge in [0.25, 0.3) is 0 Å². The van der Waals surface area contributed by atoms with Crippen molar-refractivity contribution < 1.29 is 14.7 Å². The number of carbonyl (C=O) groups is 2. The molecule has 2 saturated heterocycles. The molecule has 2 amide bonds. The predicted molar refractivity (Wildman–Crippen MR) is 98.8 cm³/mol. The minimum Gasteiger partial charge on any atom is -0.508 e. The van der Waals surface area contributed by atoms with Gasteiger partial charge in [-0.05, 0) is 46.5 Å². The number of phenolic OH excluding ortho intramolecular Hbond substituents is 1. The number of rotatable bonds is 5. The Bertz CT molecular complexity index is 791. The summed E-state index contributed by atoms with van der Waals surface area (Å²) in [7, 11) is 0. The van der Waals surface area contributed by atoms with E-state index in [1.54, 1.807) is 40.5 Å². The number of piperazine rings is 1. The van der Waals surface area contributed by atoms with Crippen LogP contribution in [0, 0.1) is 0 Å². The summed E-state index contributed by atoms with van der Waals surface area (Å²) in [5.41, 5.74) is 2.13. The first-order valence-electron chi connectivity index (χ1n) is 8.73. The molecule has 1 aromatic carbocycles. The van der Waals surface area contributed by atoms with Gasteiger partial charge in [-0.15, -0.1) is 0 Å². The van der Waals surface area contributed by atoms with Gasteiger partial charge in [0.05, 0.1) is 0 Å². The van der Waals surface area contributed by atoms with Gasteiger partial charge < -0.3 is 20.6 Å². The molecule has 2 fully saturated rings. The first-order valence-corrected chi connectivity index (χ1v) is 9.67. The molecule has 2 aliphatic rings. The summed E-state index contributed by atoms with van der Waals surface area (Å²) < 4.78 is 0. The zero-order valence-electron chi connectivity index (χ0n) is 14.2. The highest BCUT2D eigenvalue weighted by atomic mass is 32.1. The summed E-state index contributed by atoms with van der Waals surface area (Å²) in [6.45, 7) is 1.31. The van der Waals surface area contributed by atoms with Crippen LogP contribution in [-0.4, -0.2) is 46.5 Å². The summed E-state index contributed by atoms with van der Waals surface area (Å²) in [5.74, 6) is 0.0858. The smallest absolute Gasteiger partial charge is 0.246 e. The lowest BCUT2D eigenvalue weighted by atomic mass is 10.0. The second-order valence-corrected chi connectivity index (χ2v) is 7.66. The van der Waals surface area contributed by atoms with E-state index in [9.17, 15) is 14.7 Å². The molecule has 1 aromatic heterocycles. The van der Waals surface area contributed by atoms with Crippen molar-refractivity contribution >= 4 is 23.2 Å². The number of benzene rings is 1. The monoisotopic (exact) mass is 371 g/mol. The SMILES string of the molecule is O=C1N[C@H](Cc2ccc(O)cc2)C(=O)N2C[C@@H](NCc3ccsc3)C[C@@H]12. The van der Waals surface area contributed by atoms with E-state index in [1.807, 2.05) is 5.38 Å².